The molecule has 4 rings (SSSR count). The van der Waals surface area contributed by atoms with Crippen LogP contribution in [0.2, 0.25) is 0 Å². The van der Waals surface area contributed by atoms with E-state index in [1.165, 1.54) is 12.1 Å². The number of hydrogen-bond acceptors (Lipinski definition) is 6. The highest BCUT2D eigenvalue weighted by atomic mass is 19.3. The summed E-state index contributed by atoms with van der Waals surface area (Å²) < 4.78 is 62.3. The fourth-order valence-electron chi connectivity index (χ4n) is 3.54. The lowest BCUT2D eigenvalue weighted by atomic mass is 9.84. The van der Waals surface area contributed by atoms with Crippen molar-refractivity contribution in [1.82, 2.24) is 4.98 Å². The smallest absolute Gasteiger partial charge is 0.283 e. The number of nitrogens with one attached hydrogen (secondary N) is 1. The first-order valence-electron chi connectivity index (χ1n) is 8.73. The number of carbonyl (C=O) groups is 1. The number of benzene rings is 1. The second kappa shape index (κ2) is 6.98. The molecule has 11 heteroatoms. The van der Waals surface area contributed by atoms with Crippen LogP contribution in [0.5, 0.6) is 0 Å². The van der Waals surface area contributed by atoms with E-state index in [2.05, 4.69) is 15.3 Å². The van der Waals surface area contributed by atoms with Gasteiger partial charge in [0.1, 0.15) is 17.9 Å². The fraction of sp³-hybridized carbons (Fsp3) is 0.263. The molecule has 1 aromatic carbocycles. The summed E-state index contributed by atoms with van der Waals surface area (Å²) in [4.78, 5) is 19.8. The van der Waals surface area contributed by atoms with Gasteiger partial charge < -0.3 is 15.8 Å². The maximum Gasteiger partial charge on any atom is 0.283 e. The van der Waals surface area contributed by atoms with E-state index in [-0.39, 0.29) is 23.4 Å². The van der Waals surface area contributed by atoms with Gasteiger partial charge in [-0.25, -0.2) is 27.5 Å². The molecular weight excluding hydrogens is 406 g/mol. The van der Waals surface area contributed by atoms with Crippen molar-refractivity contribution in [1.29, 1.82) is 5.26 Å². The predicted molar refractivity (Wildman–Crippen MR) is 95.5 cm³/mol. The summed E-state index contributed by atoms with van der Waals surface area (Å²) in [5.41, 5.74) is 2.18. The molecule has 0 bridgehead atoms. The lowest BCUT2D eigenvalue weighted by Gasteiger charge is -2.33. The van der Waals surface area contributed by atoms with E-state index in [9.17, 15) is 22.4 Å². The second-order valence-electron chi connectivity index (χ2n) is 6.89. The molecule has 1 aromatic heterocycles. The van der Waals surface area contributed by atoms with Gasteiger partial charge in [0.25, 0.3) is 18.4 Å². The van der Waals surface area contributed by atoms with Crippen LogP contribution in [0.15, 0.2) is 35.5 Å². The van der Waals surface area contributed by atoms with Crippen LogP contribution in [-0.2, 0) is 10.3 Å². The van der Waals surface area contributed by atoms with Crippen molar-refractivity contribution in [3.63, 3.8) is 0 Å². The van der Waals surface area contributed by atoms with Crippen molar-refractivity contribution < 1.29 is 27.1 Å². The van der Waals surface area contributed by atoms with Crippen molar-refractivity contribution in [3.8, 4) is 6.07 Å². The van der Waals surface area contributed by atoms with E-state index in [0.29, 0.717) is 6.07 Å². The number of fused-ring (bicyclic) bond motifs is 1. The van der Waals surface area contributed by atoms with E-state index in [1.807, 2.05) is 6.07 Å². The number of amides is 1. The van der Waals surface area contributed by atoms with Gasteiger partial charge in [-0.1, -0.05) is 0 Å². The Bertz CT molecular complexity index is 1100. The van der Waals surface area contributed by atoms with E-state index in [4.69, 9.17) is 15.7 Å². The first-order chi connectivity index (χ1) is 14.3. The molecule has 7 nitrogen and oxygen atoms in total. The zero-order valence-corrected chi connectivity index (χ0v) is 15.1. The predicted octanol–water partition coefficient (Wildman–Crippen LogP) is 2.68. The van der Waals surface area contributed by atoms with Gasteiger partial charge in [0.2, 0.25) is 0 Å². The van der Waals surface area contributed by atoms with Gasteiger partial charge in [-0.05, 0) is 24.6 Å². The third kappa shape index (κ3) is 3.10. The van der Waals surface area contributed by atoms with E-state index < -0.39 is 53.1 Å². The fourth-order valence-corrected chi connectivity index (χ4v) is 3.54. The molecule has 1 fully saturated rings. The van der Waals surface area contributed by atoms with E-state index >= 15 is 0 Å². The minimum Gasteiger partial charge on any atom is -0.462 e. The molecule has 154 valence electrons. The molecule has 2 heterocycles. The molecule has 3 N–H and O–H groups in total. The van der Waals surface area contributed by atoms with Gasteiger partial charge >= 0.3 is 0 Å². The van der Waals surface area contributed by atoms with Crippen molar-refractivity contribution in [3.05, 3.63) is 58.9 Å². The van der Waals surface area contributed by atoms with Crippen LogP contribution in [0.3, 0.4) is 0 Å². The molecule has 2 aliphatic rings. The van der Waals surface area contributed by atoms with Crippen LogP contribution < -0.4 is 11.1 Å². The summed E-state index contributed by atoms with van der Waals surface area (Å²) >= 11 is 0. The molecular formula is C19H13F4N5O2. The van der Waals surface area contributed by atoms with Crippen LogP contribution in [0, 0.1) is 28.9 Å². The van der Waals surface area contributed by atoms with Gasteiger partial charge in [0.15, 0.2) is 17.2 Å². The number of hydrogen-bond donors (Lipinski definition) is 2. The summed E-state index contributed by atoms with van der Waals surface area (Å²) in [5.74, 6) is -4.63. The highest BCUT2D eigenvalue weighted by Crippen LogP contribution is 2.56. The van der Waals surface area contributed by atoms with Gasteiger partial charge in [-0.2, -0.15) is 5.26 Å². The molecule has 0 radical (unpaired) electrons. The zero-order valence-electron chi connectivity index (χ0n) is 15.1. The number of anilines is 1. The molecule has 1 aliphatic carbocycles. The SMILES string of the molecule is N#Cc1ccc(C(=O)Nc2cc(F)c(F)c([C@@]3(C(F)F)N=C(N)O[C@@H]4CC43)c2)nc1. The van der Waals surface area contributed by atoms with Gasteiger partial charge in [-0.15, -0.1) is 0 Å². The van der Waals surface area contributed by atoms with Crippen molar-refractivity contribution in [2.45, 2.75) is 24.5 Å². The van der Waals surface area contributed by atoms with Crippen molar-refractivity contribution >= 4 is 17.6 Å². The van der Waals surface area contributed by atoms with Crippen LogP contribution in [0.25, 0.3) is 0 Å². The van der Waals surface area contributed by atoms with Gasteiger partial charge in [0, 0.05) is 29.4 Å². The summed E-state index contributed by atoms with van der Waals surface area (Å²) in [6.07, 6.45) is -2.55. The summed E-state index contributed by atoms with van der Waals surface area (Å²) in [6, 6.07) is 5.47. The maximum absolute atomic E-state index is 14.6. The first-order valence-corrected chi connectivity index (χ1v) is 8.73. The summed E-state index contributed by atoms with van der Waals surface area (Å²) in [5, 5.41) is 11.1. The number of carbonyl (C=O) groups excluding carboxylic acids is 1. The van der Waals surface area contributed by atoms with Crippen molar-refractivity contribution in [2.24, 2.45) is 16.6 Å². The molecule has 0 saturated heterocycles. The Labute approximate surface area is 167 Å². The Balaban J connectivity index is 1.73. The number of nitrogens with zero attached hydrogens (tertiary/aromatic N) is 3. The number of aliphatic imine (C=N–C) groups is 1. The monoisotopic (exact) mass is 419 g/mol. The number of aromatic nitrogens is 1. The van der Waals surface area contributed by atoms with Crippen LogP contribution >= 0.6 is 0 Å². The Morgan fingerprint density at radius 1 is 1.37 bits per heavy atom. The number of ether oxygens (including phenoxy) is 1. The van der Waals surface area contributed by atoms with Crippen LogP contribution in [0.1, 0.15) is 28.0 Å². The third-order valence-electron chi connectivity index (χ3n) is 5.04. The van der Waals surface area contributed by atoms with Crippen LogP contribution in [0.4, 0.5) is 23.2 Å². The molecule has 1 aliphatic heterocycles. The molecule has 2 aromatic rings. The number of amidine groups is 1. The van der Waals surface area contributed by atoms with Gasteiger partial charge in [0.05, 0.1) is 5.56 Å². The third-order valence-corrected chi connectivity index (χ3v) is 5.04. The zero-order chi connectivity index (χ0) is 21.6. The lowest BCUT2D eigenvalue weighted by molar-refractivity contribution is 0.0173. The minimum absolute atomic E-state index is 0.112. The average Bonchev–Trinajstić information content (AvgIpc) is 3.49. The highest BCUT2D eigenvalue weighted by Gasteiger charge is 2.64. The molecule has 1 amide bonds. The Hall–Kier alpha value is -3.68. The number of alkyl halides is 2. The second-order valence-corrected chi connectivity index (χ2v) is 6.89. The normalized spacial score (nSPS) is 24.3. The first kappa shape index (κ1) is 19.6. The highest BCUT2D eigenvalue weighted by molar-refractivity contribution is 6.02. The maximum atomic E-state index is 14.6. The summed E-state index contributed by atoms with van der Waals surface area (Å²) in [7, 11) is 0. The van der Waals surface area contributed by atoms with Gasteiger partial charge in [-0.3, -0.25) is 4.79 Å². The number of nitriles is 1. The Morgan fingerprint density at radius 3 is 2.77 bits per heavy atom. The molecule has 0 spiro atoms. The lowest BCUT2D eigenvalue weighted by Crippen LogP contribution is -2.43. The Kier molecular flexibility index (Phi) is 4.57. The van der Waals surface area contributed by atoms with E-state index in [0.717, 1.165) is 12.3 Å². The Morgan fingerprint density at radius 2 is 2.13 bits per heavy atom. The summed E-state index contributed by atoms with van der Waals surface area (Å²) in [6.45, 7) is 0. The number of pyridine rings is 1. The molecule has 1 unspecified atom stereocenters. The number of rotatable bonds is 4. The van der Waals surface area contributed by atoms with Crippen molar-refractivity contribution in [2.75, 3.05) is 5.32 Å². The minimum atomic E-state index is -3.20. The standard InChI is InChI=1S/C19H13F4N5O2/c20-12-4-9(27-16(29)13-2-1-8(6-24)7-26-13)3-11(15(12)21)19(17(22)23)10-5-14(10)30-18(25)28-19/h1-4,7,10,14,17H,5H2,(H2,25,28)(H,27,29)/t10?,14-,19+/m1/s1. The quantitative estimate of drug-likeness (QED) is 0.740. The largest absolute Gasteiger partial charge is 0.462 e. The molecule has 1 saturated carbocycles. The average molecular weight is 419 g/mol. The molecule has 30 heavy (non-hydrogen) atoms. The number of nitrogens with two attached hydrogens (primary N) is 1. The number of halogens is 4. The topological polar surface area (TPSA) is 113 Å². The van der Waals surface area contributed by atoms with E-state index in [1.54, 1.807) is 0 Å². The van der Waals surface area contributed by atoms with Crippen LogP contribution in [-0.4, -0.2) is 29.4 Å². The molecule has 3 atom stereocenters.